The number of hydrogen-bond donors (Lipinski definition) is 1. The number of aryl methyl sites for hydroxylation is 1. The molecule has 1 aliphatic rings. The number of hydrogen-bond acceptors (Lipinski definition) is 8. The molecule has 11 heteroatoms. The molecular formula is C27H33N9O2. The fraction of sp³-hybridized carbons (Fsp3) is 0.370. The van der Waals surface area contributed by atoms with Gasteiger partial charge in [0.05, 0.1) is 12.6 Å². The molecule has 0 radical (unpaired) electrons. The van der Waals surface area contributed by atoms with Gasteiger partial charge in [0.25, 0.3) is 11.1 Å². The van der Waals surface area contributed by atoms with E-state index in [1.54, 1.807) is 16.8 Å². The molecule has 0 atom stereocenters. The summed E-state index contributed by atoms with van der Waals surface area (Å²) in [6, 6.07) is 9.22. The van der Waals surface area contributed by atoms with E-state index < -0.39 is 0 Å². The highest BCUT2D eigenvalue weighted by molar-refractivity contribution is 5.77. The Morgan fingerprint density at radius 3 is 2.58 bits per heavy atom. The van der Waals surface area contributed by atoms with Crippen LogP contribution < -0.4 is 21.3 Å². The zero-order valence-electron chi connectivity index (χ0n) is 22.3. The normalized spacial score (nSPS) is 14.4. The molecule has 0 bridgehead atoms. The van der Waals surface area contributed by atoms with E-state index in [2.05, 4.69) is 57.9 Å². The van der Waals surface area contributed by atoms with Gasteiger partial charge in [-0.2, -0.15) is 4.98 Å². The third-order valence-corrected chi connectivity index (χ3v) is 6.68. The summed E-state index contributed by atoms with van der Waals surface area (Å²) in [5.41, 5.74) is 3.05. The quantitative estimate of drug-likeness (QED) is 0.375. The average molecular weight is 516 g/mol. The zero-order valence-corrected chi connectivity index (χ0v) is 22.3. The monoisotopic (exact) mass is 515 g/mol. The van der Waals surface area contributed by atoms with Gasteiger partial charge in [0.2, 0.25) is 5.95 Å². The number of anilines is 3. The number of allylic oxidation sites excluding steroid dienone is 1. The van der Waals surface area contributed by atoms with Crippen LogP contribution in [0.15, 0.2) is 58.8 Å². The van der Waals surface area contributed by atoms with Gasteiger partial charge in [-0.15, -0.1) is 11.7 Å². The first-order valence-corrected chi connectivity index (χ1v) is 12.8. The Bertz CT molecular complexity index is 1610. The second-order valence-electron chi connectivity index (χ2n) is 9.96. The van der Waals surface area contributed by atoms with Gasteiger partial charge in [0, 0.05) is 49.8 Å². The summed E-state index contributed by atoms with van der Waals surface area (Å²) in [4.78, 5) is 39.5. The van der Waals surface area contributed by atoms with Gasteiger partial charge in [-0.1, -0.05) is 6.08 Å². The first-order chi connectivity index (χ1) is 18.2. The molecule has 0 spiro atoms. The van der Waals surface area contributed by atoms with Crippen molar-refractivity contribution in [2.45, 2.75) is 33.4 Å². The Labute approximate surface area is 220 Å². The van der Waals surface area contributed by atoms with E-state index >= 15 is 0 Å². The molecular weight excluding hydrogens is 482 g/mol. The van der Waals surface area contributed by atoms with E-state index in [-0.39, 0.29) is 23.7 Å². The predicted octanol–water partition coefficient (Wildman–Crippen LogP) is 2.71. The molecule has 0 saturated carbocycles. The highest BCUT2D eigenvalue weighted by atomic mass is 16.1. The van der Waals surface area contributed by atoms with Crippen molar-refractivity contribution in [2.75, 3.05) is 43.4 Å². The number of aromatic nitrogens is 6. The molecule has 0 unspecified atom stereocenters. The lowest BCUT2D eigenvalue weighted by Crippen LogP contribution is -2.44. The smallest absolute Gasteiger partial charge is 0.278 e. The molecule has 0 aliphatic carbocycles. The number of fused-ring (bicyclic) bond motifs is 1. The summed E-state index contributed by atoms with van der Waals surface area (Å²) >= 11 is 0. The van der Waals surface area contributed by atoms with E-state index in [0.717, 1.165) is 43.1 Å². The second-order valence-corrected chi connectivity index (χ2v) is 9.96. The third-order valence-electron chi connectivity index (χ3n) is 6.68. The molecule has 1 N–H and O–H groups in total. The fourth-order valence-electron chi connectivity index (χ4n) is 4.72. The Morgan fingerprint density at radius 2 is 1.87 bits per heavy atom. The third kappa shape index (κ3) is 4.84. The van der Waals surface area contributed by atoms with Crippen molar-refractivity contribution < 1.29 is 0 Å². The van der Waals surface area contributed by atoms with E-state index in [1.807, 2.05) is 19.9 Å². The maximum atomic E-state index is 13.2. The maximum absolute atomic E-state index is 13.2. The lowest BCUT2D eigenvalue weighted by atomic mass is 10.1. The molecule has 1 aromatic carbocycles. The van der Waals surface area contributed by atoms with Crippen LogP contribution >= 0.6 is 0 Å². The van der Waals surface area contributed by atoms with Crippen molar-refractivity contribution in [2.24, 2.45) is 0 Å². The Morgan fingerprint density at radius 1 is 1.11 bits per heavy atom. The van der Waals surface area contributed by atoms with Gasteiger partial charge < -0.3 is 15.1 Å². The van der Waals surface area contributed by atoms with Crippen LogP contribution in [0.4, 0.5) is 17.3 Å². The second kappa shape index (κ2) is 10.3. The van der Waals surface area contributed by atoms with Crippen molar-refractivity contribution in [1.29, 1.82) is 0 Å². The van der Waals surface area contributed by atoms with Gasteiger partial charge in [0.15, 0.2) is 11.5 Å². The highest BCUT2D eigenvalue weighted by Crippen LogP contribution is 2.25. The molecule has 1 aliphatic heterocycles. The molecule has 1 fully saturated rings. The van der Waals surface area contributed by atoms with Crippen LogP contribution in [0.2, 0.25) is 0 Å². The molecule has 38 heavy (non-hydrogen) atoms. The molecule has 1 saturated heterocycles. The first-order valence-electron chi connectivity index (χ1n) is 12.8. The Hall–Kier alpha value is -4.25. The van der Waals surface area contributed by atoms with Gasteiger partial charge in [-0.05, 0) is 57.6 Å². The summed E-state index contributed by atoms with van der Waals surface area (Å²) in [5.74, 6) is 0.763. The van der Waals surface area contributed by atoms with E-state index in [4.69, 9.17) is 4.98 Å². The number of likely N-dealkylation sites (N-methyl/N-ethyl adjacent to an activating group) is 1. The minimum absolute atomic E-state index is 0.147. The van der Waals surface area contributed by atoms with Crippen LogP contribution in [0.5, 0.6) is 0 Å². The molecule has 4 aromatic rings. The van der Waals surface area contributed by atoms with Crippen molar-refractivity contribution in [3.63, 3.8) is 0 Å². The molecule has 0 amide bonds. The van der Waals surface area contributed by atoms with Gasteiger partial charge in [-0.25, -0.2) is 19.0 Å². The first kappa shape index (κ1) is 25.4. The number of benzene rings is 1. The SMILES string of the molecule is C=CCn1c(=O)c2cnc(Nc3cc(C)cc(N4CCN(C)CC4)c3)nc2n1-c1ccc(=O)n(C(C)C)n1. The molecule has 5 rings (SSSR count). The van der Waals surface area contributed by atoms with Crippen molar-refractivity contribution in [3.05, 3.63) is 75.5 Å². The lowest BCUT2D eigenvalue weighted by Gasteiger charge is -2.34. The Balaban J connectivity index is 1.57. The minimum atomic E-state index is -0.261. The van der Waals surface area contributed by atoms with Gasteiger partial charge in [-0.3, -0.25) is 9.59 Å². The van der Waals surface area contributed by atoms with Crippen LogP contribution in [-0.4, -0.2) is 67.2 Å². The topological polar surface area (TPSA) is 106 Å². The van der Waals surface area contributed by atoms with E-state index in [1.165, 1.54) is 21.6 Å². The summed E-state index contributed by atoms with van der Waals surface area (Å²) in [6.07, 6.45) is 3.16. The molecule has 4 heterocycles. The number of piperazine rings is 1. The maximum Gasteiger partial charge on any atom is 0.278 e. The minimum Gasteiger partial charge on any atom is -0.369 e. The van der Waals surface area contributed by atoms with Crippen LogP contribution in [0.25, 0.3) is 16.9 Å². The number of nitrogens with one attached hydrogen (secondary N) is 1. The van der Waals surface area contributed by atoms with Crippen molar-refractivity contribution in [1.82, 2.24) is 34.0 Å². The summed E-state index contributed by atoms with van der Waals surface area (Å²) in [6.45, 7) is 13.8. The van der Waals surface area contributed by atoms with Crippen LogP contribution in [0, 0.1) is 6.92 Å². The standard InChI is InChI=1S/C27H33N9O2/c1-6-9-34-26(38)22-17-28-27(30-25(22)36(34)23-7-8-24(37)35(31-23)18(2)3)29-20-14-19(4)15-21(16-20)33-12-10-32(5)11-13-33/h6-8,14-18H,1,9-13H2,2-5H3,(H,28,29,30). The van der Waals surface area contributed by atoms with Crippen molar-refractivity contribution in [3.8, 4) is 5.82 Å². The van der Waals surface area contributed by atoms with Crippen LogP contribution in [0.3, 0.4) is 0 Å². The van der Waals surface area contributed by atoms with Crippen LogP contribution in [0.1, 0.15) is 25.5 Å². The number of rotatable bonds is 7. The van der Waals surface area contributed by atoms with E-state index in [0.29, 0.717) is 22.8 Å². The molecule has 198 valence electrons. The van der Waals surface area contributed by atoms with Gasteiger partial charge in [0.1, 0.15) is 5.39 Å². The predicted molar refractivity (Wildman–Crippen MR) is 150 cm³/mol. The van der Waals surface area contributed by atoms with Gasteiger partial charge >= 0.3 is 0 Å². The molecule has 3 aromatic heterocycles. The number of nitrogens with zero attached hydrogens (tertiary/aromatic N) is 8. The lowest BCUT2D eigenvalue weighted by molar-refractivity contribution is 0.313. The van der Waals surface area contributed by atoms with Crippen molar-refractivity contribution >= 4 is 28.4 Å². The highest BCUT2D eigenvalue weighted by Gasteiger charge is 2.20. The largest absolute Gasteiger partial charge is 0.369 e. The fourth-order valence-corrected chi connectivity index (χ4v) is 4.72. The van der Waals surface area contributed by atoms with E-state index in [9.17, 15) is 9.59 Å². The van der Waals surface area contributed by atoms with Crippen LogP contribution in [-0.2, 0) is 6.54 Å². The Kier molecular flexibility index (Phi) is 6.85. The average Bonchev–Trinajstić information content (AvgIpc) is 3.15. The summed E-state index contributed by atoms with van der Waals surface area (Å²) in [5, 5.41) is 8.20. The zero-order chi connectivity index (χ0) is 27.0. The summed E-state index contributed by atoms with van der Waals surface area (Å²) < 4.78 is 4.50. The molecule has 11 nitrogen and oxygen atoms in total. The summed E-state index contributed by atoms with van der Waals surface area (Å²) in [7, 11) is 2.14.